The molecule has 1 N–H and O–H groups in total. The third kappa shape index (κ3) is 4.23. The Balaban J connectivity index is 1.65. The molecule has 1 saturated heterocycles. The lowest BCUT2D eigenvalue weighted by Crippen LogP contribution is -2.19. The van der Waals surface area contributed by atoms with E-state index >= 15 is 0 Å². The predicted molar refractivity (Wildman–Crippen MR) is 84.1 cm³/mol. The molecule has 3 rings (SSSR count). The van der Waals surface area contributed by atoms with Crippen molar-refractivity contribution in [3.8, 4) is 17.2 Å². The third-order valence-electron chi connectivity index (χ3n) is 3.61. The Labute approximate surface area is 125 Å². The molecule has 21 heavy (non-hydrogen) atoms. The summed E-state index contributed by atoms with van der Waals surface area (Å²) in [6, 6.07) is 17.7. The highest BCUT2D eigenvalue weighted by Crippen LogP contribution is 2.26. The van der Waals surface area contributed by atoms with Crippen LogP contribution in [0.4, 0.5) is 0 Å². The Bertz CT molecular complexity index is 548. The summed E-state index contributed by atoms with van der Waals surface area (Å²) >= 11 is 0. The maximum Gasteiger partial charge on any atom is 0.131 e. The molecular formula is C18H21NO2. The van der Waals surface area contributed by atoms with Crippen LogP contribution >= 0.6 is 0 Å². The van der Waals surface area contributed by atoms with E-state index in [0.717, 1.165) is 43.2 Å². The molecule has 0 saturated carbocycles. The van der Waals surface area contributed by atoms with Gasteiger partial charge in [-0.05, 0) is 56.6 Å². The fraction of sp³-hybridized carbons (Fsp3) is 0.333. The van der Waals surface area contributed by atoms with Crippen molar-refractivity contribution >= 4 is 0 Å². The lowest BCUT2D eigenvalue weighted by atomic mass is 10.1. The summed E-state index contributed by atoms with van der Waals surface area (Å²) < 4.78 is 11.9. The smallest absolute Gasteiger partial charge is 0.131 e. The minimum atomic E-state index is 0.298. The maximum atomic E-state index is 6.09. The molecule has 1 fully saturated rings. The highest BCUT2D eigenvalue weighted by atomic mass is 16.5. The van der Waals surface area contributed by atoms with Gasteiger partial charge in [-0.2, -0.15) is 0 Å². The first-order chi connectivity index (χ1) is 10.4. The van der Waals surface area contributed by atoms with Crippen LogP contribution in [0.2, 0.25) is 0 Å². The predicted octanol–water partition coefficient (Wildman–Crippen LogP) is 4.00. The first kappa shape index (κ1) is 14.0. The van der Waals surface area contributed by atoms with E-state index < -0.39 is 0 Å². The van der Waals surface area contributed by atoms with Crippen LogP contribution in [0.3, 0.4) is 0 Å². The van der Waals surface area contributed by atoms with Crippen LogP contribution in [-0.4, -0.2) is 19.2 Å². The summed E-state index contributed by atoms with van der Waals surface area (Å²) in [5.74, 6) is 2.54. The topological polar surface area (TPSA) is 30.5 Å². The van der Waals surface area contributed by atoms with Gasteiger partial charge in [0.25, 0.3) is 0 Å². The van der Waals surface area contributed by atoms with E-state index in [0.29, 0.717) is 6.10 Å². The molecule has 2 aromatic rings. The summed E-state index contributed by atoms with van der Waals surface area (Å²) in [7, 11) is 0. The summed E-state index contributed by atoms with van der Waals surface area (Å²) in [6.07, 6.45) is 3.64. The molecule has 1 heterocycles. The van der Waals surface area contributed by atoms with E-state index in [9.17, 15) is 0 Å². The maximum absolute atomic E-state index is 6.09. The van der Waals surface area contributed by atoms with Gasteiger partial charge in [-0.3, -0.25) is 0 Å². The van der Waals surface area contributed by atoms with Gasteiger partial charge in [-0.25, -0.2) is 0 Å². The van der Waals surface area contributed by atoms with Gasteiger partial charge in [0, 0.05) is 6.07 Å². The van der Waals surface area contributed by atoms with Crippen LogP contribution in [-0.2, 0) is 0 Å². The number of nitrogens with one attached hydrogen (secondary N) is 1. The first-order valence-corrected chi connectivity index (χ1v) is 7.60. The zero-order chi connectivity index (χ0) is 14.3. The largest absolute Gasteiger partial charge is 0.490 e. The van der Waals surface area contributed by atoms with Crippen LogP contribution in [0.25, 0.3) is 0 Å². The average molecular weight is 283 g/mol. The quantitative estimate of drug-likeness (QED) is 0.920. The number of benzene rings is 2. The summed E-state index contributed by atoms with van der Waals surface area (Å²) in [6.45, 7) is 2.13. The van der Waals surface area contributed by atoms with Crippen molar-refractivity contribution in [2.24, 2.45) is 0 Å². The van der Waals surface area contributed by atoms with E-state index in [-0.39, 0.29) is 0 Å². The molecule has 0 aliphatic carbocycles. The Morgan fingerprint density at radius 2 is 1.62 bits per heavy atom. The lowest BCUT2D eigenvalue weighted by molar-refractivity contribution is 0.187. The fourth-order valence-corrected chi connectivity index (χ4v) is 2.53. The molecule has 0 spiro atoms. The Morgan fingerprint density at radius 3 is 2.52 bits per heavy atom. The van der Waals surface area contributed by atoms with E-state index in [1.54, 1.807) is 0 Å². The van der Waals surface area contributed by atoms with Crippen molar-refractivity contribution in [2.75, 3.05) is 13.1 Å². The molecular weight excluding hydrogens is 262 g/mol. The summed E-state index contributed by atoms with van der Waals surface area (Å²) in [5.41, 5.74) is 0. The van der Waals surface area contributed by atoms with Gasteiger partial charge in [0.2, 0.25) is 0 Å². The number of hydrogen-bond acceptors (Lipinski definition) is 3. The number of para-hydroxylation sites is 1. The second-order valence-electron chi connectivity index (χ2n) is 5.31. The van der Waals surface area contributed by atoms with Gasteiger partial charge >= 0.3 is 0 Å². The zero-order valence-electron chi connectivity index (χ0n) is 12.1. The Hall–Kier alpha value is -2.00. The van der Waals surface area contributed by atoms with Gasteiger partial charge in [0.15, 0.2) is 0 Å². The second-order valence-corrected chi connectivity index (χ2v) is 5.31. The van der Waals surface area contributed by atoms with Crippen molar-refractivity contribution in [3.05, 3.63) is 54.6 Å². The van der Waals surface area contributed by atoms with Gasteiger partial charge in [-0.15, -0.1) is 0 Å². The van der Waals surface area contributed by atoms with Crippen LogP contribution in [0.5, 0.6) is 17.2 Å². The van der Waals surface area contributed by atoms with Crippen molar-refractivity contribution in [2.45, 2.75) is 25.4 Å². The third-order valence-corrected chi connectivity index (χ3v) is 3.61. The summed E-state index contributed by atoms with van der Waals surface area (Å²) in [5, 5.41) is 3.40. The van der Waals surface area contributed by atoms with Gasteiger partial charge < -0.3 is 14.8 Å². The van der Waals surface area contributed by atoms with Gasteiger partial charge in [0.05, 0.1) is 6.10 Å². The van der Waals surface area contributed by atoms with E-state index in [2.05, 4.69) is 5.32 Å². The monoisotopic (exact) mass is 283 g/mol. The highest BCUT2D eigenvalue weighted by Gasteiger charge is 2.13. The van der Waals surface area contributed by atoms with Crippen molar-refractivity contribution in [1.29, 1.82) is 0 Å². The van der Waals surface area contributed by atoms with Gasteiger partial charge in [0.1, 0.15) is 17.2 Å². The standard InChI is InChI=1S/C18H21NO2/c1-2-6-15(7-3-1)20-17-8-4-9-18(14-17)21-16-10-5-12-19-13-11-16/h1-4,6-9,14,16,19H,5,10-13H2. The summed E-state index contributed by atoms with van der Waals surface area (Å²) in [4.78, 5) is 0. The molecule has 110 valence electrons. The molecule has 3 nitrogen and oxygen atoms in total. The van der Waals surface area contributed by atoms with E-state index in [1.165, 1.54) is 6.42 Å². The molecule has 0 bridgehead atoms. The number of hydrogen-bond donors (Lipinski definition) is 1. The Morgan fingerprint density at radius 1 is 0.810 bits per heavy atom. The molecule has 1 atom stereocenters. The number of rotatable bonds is 4. The second kappa shape index (κ2) is 7.14. The van der Waals surface area contributed by atoms with Crippen LogP contribution < -0.4 is 14.8 Å². The first-order valence-electron chi connectivity index (χ1n) is 7.60. The van der Waals surface area contributed by atoms with Crippen LogP contribution in [0.15, 0.2) is 54.6 Å². The lowest BCUT2D eigenvalue weighted by Gasteiger charge is -2.17. The van der Waals surface area contributed by atoms with Crippen molar-refractivity contribution in [3.63, 3.8) is 0 Å². The molecule has 0 amide bonds. The SMILES string of the molecule is c1ccc(Oc2cccc(OC3CCCNCC3)c2)cc1. The molecule has 1 aliphatic rings. The van der Waals surface area contributed by atoms with E-state index in [4.69, 9.17) is 9.47 Å². The zero-order valence-corrected chi connectivity index (χ0v) is 12.1. The molecule has 0 radical (unpaired) electrons. The molecule has 1 aliphatic heterocycles. The number of ether oxygens (including phenoxy) is 2. The van der Waals surface area contributed by atoms with Crippen LogP contribution in [0.1, 0.15) is 19.3 Å². The fourth-order valence-electron chi connectivity index (χ4n) is 2.53. The highest BCUT2D eigenvalue weighted by molar-refractivity contribution is 5.36. The average Bonchev–Trinajstić information content (AvgIpc) is 2.77. The molecule has 1 unspecified atom stereocenters. The molecule has 0 aromatic heterocycles. The normalized spacial score (nSPS) is 18.8. The van der Waals surface area contributed by atoms with Crippen molar-refractivity contribution in [1.82, 2.24) is 5.32 Å². The van der Waals surface area contributed by atoms with Crippen molar-refractivity contribution < 1.29 is 9.47 Å². The van der Waals surface area contributed by atoms with E-state index in [1.807, 2.05) is 54.6 Å². The van der Waals surface area contributed by atoms with Gasteiger partial charge in [-0.1, -0.05) is 24.3 Å². The Kier molecular flexibility index (Phi) is 4.74. The van der Waals surface area contributed by atoms with Crippen LogP contribution in [0, 0.1) is 0 Å². The minimum absolute atomic E-state index is 0.298. The minimum Gasteiger partial charge on any atom is -0.490 e. The molecule has 2 aromatic carbocycles. The molecule has 3 heteroatoms.